The van der Waals surface area contributed by atoms with Crippen LogP contribution in [0.5, 0.6) is 0 Å². The van der Waals surface area contributed by atoms with Crippen LogP contribution in [-0.2, 0) is 0 Å². The molecule has 0 aromatic heterocycles. The van der Waals surface area contributed by atoms with E-state index in [9.17, 15) is 0 Å². The van der Waals surface area contributed by atoms with Crippen molar-refractivity contribution in [2.24, 2.45) is 5.41 Å². The minimum atomic E-state index is 0.449. The summed E-state index contributed by atoms with van der Waals surface area (Å²) in [4.78, 5) is 0. The molecule has 78 valence electrons. The third-order valence-electron chi connectivity index (χ3n) is 3.23. The largest absolute Gasteiger partial charge is 0.155 e. The smallest absolute Gasteiger partial charge is 0.00753 e. The third kappa shape index (κ3) is 3.53. The molecule has 0 radical (unpaired) electrons. The Bertz CT molecular complexity index is 149. The molecule has 1 rings (SSSR count). The fraction of sp³-hybridized carbons (Fsp3) is 1.00. The van der Waals surface area contributed by atoms with Crippen LogP contribution in [0.15, 0.2) is 0 Å². The summed E-state index contributed by atoms with van der Waals surface area (Å²) < 4.78 is 0.449. The van der Waals surface area contributed by atoms with Gasteiger partial charge >= 0.3 is 0 Å². The Morgan fingerprint density at radius 2 is 1.69 bits per heavy atom. The van der Waals surface area contributed by atoms with E-state index in [2.05, 4.69) is 39.5 Å². The van der Waals surface area contributed by atoms with E-state index in [4.69, 9.17) is 0 Å². The maximum absolute atomic E-state index is 2.37. The van der Waals surface area contributed by atoms with Crippen molar-refractivity contribution in [3.63, 3.8) is 0 Å². The average Bonchev–Trinajstić information content (AvgIpc) is 2.49. The van der Waals surface area contributed by atoms with Crippen LogP contribution in [0.25, 0.3) is 0 Å². The molecule has 1 aliphatic carbocycles. The van der Waals surface area contributed by atoms with Crippen molar-refractivity contribution >= 4 is 11.8 Å². The van der Waals surface area contributed by atoms with Gasteiger partial charge < -0.3 is 0 Å². The predicted molar refractivity (Wildman–Crippen MR) is 63.4 cm³/mol. The lowest BCUT2D eigenvalue weighted by atomic mass is 9.86. The fourth-order valence-electron chi connectivity index (χ4n) is 2.09. The standard InChI is InChI=1S/C12H24S/c1-5-12(8-6-7-9-12)10-13-11(2,3)4/h5-10H2,1-4H3. The Morgan fingerprint density at radius 1 is 1.15 bits per heavy atom. The van der Waals surface area contributed by atoms with Crippen LogP contribution < -0.4 is 0 Å². The van der Waals surface area contributed by atoms with Crippen molar-refractivity contribution < 1.29 is 0 Å². The molecular formula is C12H24S. The number of thioether (sulfide) groups is 1. The molecule has 0 amide bonds. The highest BCUT2D eigenvalue weighted by molar-refractivity contribution is 8.00. The average molecular weight is 200 g/mol. The molecule has 0 heterocycles. The second-order valence-corrected chi connectivity index (χ2v) is 7.26. The van der Waals surface area contributed by atoms with Gasteiger partial charge in [0, 0.05) is 4.75 Å². The Hall–Kier alpha value is 0.350. The molecule has 0 N–H and O–H groups in total. The molecule has 0 saturated heterocycles. The van der Waals surface area contributed by atoms with Crippen LogP contribution in [0.1, 0.15) is 59.8 Å². The van der Waals surface area contributed by atoms with Gasteiger partial charge in [0.25, 0.3) is 0 Å². The molecule has 13 heavy (non-hydrogen) atoms. The highest BCUT2D eigenvalue weighted by atomic mass is 32.2. The maximum Gasteiger partial charge on any atom is 0.00753 e. The zero-order valence-corrected chi connectivity index (χ0v) is 10.5. The van der Waals surface area contributed by atoms with Crippen molar-refractivity contribution in [3.8, 4) is 0 Å². The first kappa shape index (κ1) is 11.4. The van der Waals surface area contributed by atoms with Crippen molar-refractivity contribution in [2.45, 2.75) is 64.5 Å². The molecule has 0 atom stereocenters. The lowest BCUT2D eigenvalue weighted by molar-refractivity contribution is 0.332. The maximum atomic E-state index is 2.37. The van der Waals surface area contributed by atoms with E-state index in [1.165, 1.54) is 37.9 Å². The second kappa shape index (κ2) is 4.25. The highest BCUT2D eigenvalue weighted by Gasteiger charge is 2.32. The van der Waals surface area contributed by atoms with Gasteiger partial charge in [-0.05, 0) is 30.4 Å². The van der Waals surface area contributed by atoms with Crippen LogP contribution >= 0.6 is 11.8 Å². The van der Waals surface area contributed by atoms with E-state index in [1.807, 2.05) is 0 Å². The Kier molecular flexibility index (Phi) is 3.73. The second-order valence-electron chi connectivity index (χ2n) is 5.46. The van der Waals surface area contributed by atoms with E-state index in [0.717, 1.165) is 0 Å². The van der Waals surface area contributed by atoms with E-state index in [0.29, 0.717) is 10.2 Å². The number of rotatable bonds is 3. The zero-order valence-electron chi connectivity index (χ0n) is 9.65. The van der Waals surface area contributed by atoms with Crippen molar-refractivity contribution in [3.05, 3.63) is 0 Å². The van der Waals surface area contributed by atoms with Gasteiger partial charge in [-0.3, -0.25) is 0 Å². The summed E-state index contributed by atoms with van der Waals surface area (Å²) in [7, 11) is 0. The van der Waals surface area contributed by atoms with E-state index < -0.39 is 0 Å². The topological polar surface area (TPSA) is 0 Å². The SMILES string of the molecule is CCC1(CSC(C)(C)C)CCCC1. The number of hydrogen-bond donors (Lipinski definition) is 0. The first-order valence-corrected chi connectivity index (χ1v) is 6.60. The van der Waals surface area contributed by atoms with E-state index in [1.54, 1.807) is 0 Å². The number of hydrogen-bond acceptors (Lipinski definition) is 1. The summed E-state index contributed by atoms with van der Waals surface area (Å²) in [5, 5.41) is 0. The molecule has 1 aliphatic rings. The van der Waals surface area contributed by atoms with Crippen LogP contribution in [0.4, 0.5) is 0 Å². The van der Waals surface area contributed by atoms with Crippen molar-refractivity contribution in [1.82, 2.24) is 0 Å². The monoisotopic (exact) mass is 200 g/mol. The molecule has 0 spiro atoms. The third-order valence-corrected chi connectivity index (χ3v) is 4.85. The summed E-state index contributed by atoms with van der Waals surface area (Å²) in [5.41, 5.74) is 0.706. The van der Waals surface area contributed by atoms with Gasteiger partial charge in [-0.25, -0.2) is 0 Å². The first-order chi connectivity index (χ1) is 5.97. The summed E-state index contributed by atoms with van der Waals surface area (Å²) in [6.45, 7) is 9.36. The Balaban J connectivity index is 2.40. The molecule has 0 unspecified atom stereocenters. The molecular weight excluding hydrogens is 176 g/mol. The minimum Gasteiger partial charge on any atom is -0.155 e. The predicted octanol–water partition coefficient (Wildman–Crippen LogP) is 4.49. The molecule has 0 aromatic rings. The molecule has 0 aliphatic heterocycles. The van der Waals surface area contributed by atoms with Gasteiger partial charge in [-0.1, -0.05) is 40.5 Å². The van der Waals surface area contributed by atoms with Crippen LogP contribution in [0.3, 0.4) is 0 Å². The highest BCUT2D eigenvalue weighted by Crippen LogP contribution is 2.45. The van der Waals surface area contributed by atoms with Gasteiger partial charge in [-0.15, -0.1) is 0 Å². The normalized spacial score (nSPS) is 22.2. The van der Waals surface area contributed by atoms with Crippen molar-refractivity contribution in [1.29, 1.82) is 0 Å². The first-order valence-electron chi connectivity index (χ1n) is 5.61. The Morgan fingerprint density at radius 3 is 2.08 bits per heavy atom. The summed E-state index contributed by atoms with van der Waals surface area (Å²) in [6, 6.07) is 0. The van der Waals surface area contributed by atoms with Gasteiger partial charge in [0.15, 0.2) is 0 Å². The quantitative estimate of drug-likeness (QED) is 0.647. The van der Waals surface area contributed by atoms with Crippen LogP contribution in [0.2, 0.25) is 0 Å². The molecule has 0 aromatic carbocycles. The van der Waals surface area contributed by atoms with E-state index in [-0.39, 0.29) is 0 Å². The molecule has 1 fully saturated rings. The molecule has 1 saturated carbocycles. The van der Waals surface area contributed by atoms with Gasteiger partial charge in [0.05, 0.1) is 0 Å². The van der Waals surface area contributed by atoms with Crippen molar-refractivity contribution in [2.75, 3.05) is 5.75 Å². The molecule has 1 heteroatoms. The van der Waals surface area contributed by atoms with Gasteiger partial charge in [-0.2, -0.15) is 11.8 Å². The molecule has 0 bridgehead atoms. The van der Waals surface area contributed by atoms with Gasteiger partial charge in [0.2, 0.25) is 0 Å². The Labute approximate surface area is 87.9 Å². The minimum absolute atomic E-state index is 0.449. The van der Waals surface area contributed by atoms with Gasteiger partial charge in [0.1, 0.15) is 0 Å². The summed E-state index contributed by atoms with van der Waals surface area (Å²) >= 11 is 2.15. The lowest BCUT2D eigenvalue weighted by Gasteiger charge is -2.30. The summed E-state index contributed by atoms with van der Waals surface area (Å²) in [6.07, 6.45) is 7.28. The molecule has 0 nitrogen and oxygen atoms in total. The van der Waals surface area contributed by atoms with Crippen LogP contribution in [-0.4, -0.2) is 10.5 Å². The summed E-state index contributed by atoms with van der Waals surface area (Å²) in [5.74, 6) is 1.38. The lowest BCUT2D eigenvalue weighted by Crippen LogP contribution is -2.22. The van der Waals surface area contributed by atoms with Crippen LogP contribution in [0, 0.1) is 5.41 Å². The zero-order chi connectivity index (χ0) is 9.95. The van der Waals surface area contributed by atoms with E-state index >= 15 is 0 Å². The fourth-order valence-corrected chi connectivity index (χ4v) is 3.33.